The van der Waals surface area contributed by atoms with Crippen LogP contribution in [0.4, 0.5) is 0 Å². The van der Waals surface area contributed by atoms with E-state index in [-0.39, 0.29) is 19.0 Å². The molecule has 0 aliphatic carbocycles. The maximum Gasteiger partial charge on any atom is 0.317 e. The maximum absolute atomic E-state index is 12.1. The van der Waals surface area contributed by atoms with E-state index in [0.29, 0.717) is 13.1 Å². The number of hydrogen-bond acceptors (Lipinski definition) is 5. The molecule has 3 saturated heterocycles. The van der Waals surface area contributed by atoms with Crippen molar-refractivity contribution >= 4 is 11.9 Å². The first-order valence-electron chi connectivity index (χ1n) is 6.80. The molecule has 0 spiro atoms. The fourth-order valence-corrected chi connectivity index (χ4v) is 2.52. The Morgan fingerprint density at radius 2 is 1.79 bits per heavy atom. The first kappa shape index (κ1) is 14.2. The minimum atomic E-state index is -0.885. The van der Waals surface area contributed by atoms with E-state index in [1.807, 2.05) is 4.90 Å². The van der Waals surface area contributed by atoms with Gasteiger partial charge in [-0.1, -0.05) is 0 Å². The lowest BCUT2D eigenvalue weighted by Crippen LogP contribution is -2.54. The van der Waals surface area contributed by atoms with Crippen LogP contribution in [0.5, 0.6) is 0 Å². The van der Waals surface area contributed by atoms with Crippen LogP contribution in [-0.4, -0.2) is 97.1 Å². The minimum absolute atomic E-state index is 0.0430. The molecule has 0 aromatic heterocycles. The van der Waals surface area contributed by atoms with Crippen molar-refractivity contribution in [1.29, 1.82) is 0 Å². The van der Waals surface area contributed by atoms with Crippen LogP contribution in [0.25, 0.3) is 0 Å². The molecule has 0 saturated carbocycles. The van der Waals surface area contributed by atoms with Gasteiger partial charge in [0.2, 0.25) is 5.91 Å². The van der Waals surface area contributed by atoms with Crippen LogP contribution in [0.2, 0.25) is 0 Å². The zero-order valence-corrected chi connectivity index (χ0v) is 11.2. The third kappa shape index (κ3) is 4.45. The van der Waals surface area contributed by atoms with E-state index in [4.69, 9.17) is 5.11 Å². The van der Waals surface area contributed by atoms with Gasteiger partial charge in [0.1, 0.15) is 0 Å². The number of rotatable bonds is 2. The Balaban J connectivity index is 1.96. The summed E-state index contributed by atoms with van der Waals surface area (Å²) in [7, 11) is 0. The first-order valence-corrected chi connectivity index (χ1v) is 6.80. The summed E-state index contributed by atoms with van der Waals surface area (Å²) >= 11 is 0. The number of nitrogens with zero attached hydrogens (tertiary/aromatic N) is 3. The van der Waals surface area contributed by atoms with E-state index >= 15 is 0 Å². The van der Waals surface area contributed by atoms with Crippen LogP contribution in [0.3, 0.4) is 0 Å². The molecule has 7 nitrogen and oxygen atoms in total. The normalized spacial score (nSPS) is 24.0. The van der Waals surface area contributed by atoms with Crippen LogP contribution in [0, 0.1) is 0 Å². The third-order valence-electron chi connectivity index (χ3n) is 3.65. The van der Waals surface area contributed by atoms with Gasteiger partial charge in [-0.3, -0.25) is 19.4 Å². The summed E-state index contributed by atoms with van der Waals surface area (Å²) < 4.78 is 0. The average Bonchev–Trinajstić information content (AvgIpc) is 2.36. The van der Waals surface area contributed by atoms with Gasteiger partial charge in [-0.25, -0.2) is 0 Å². The number of hydrogen-bond donors (Lipinski definition) is 2. The van der Waals surface area contributed by atoms with Crippen molar-refractivity contribution in [3.63, 3.8) is 0 Å². The second kappa shape index (κ2) is 6.83. The van der Waals surface area contributed by atoms with Gasteiger partial charge in [-0.2, -0.15) is 0 Å². The number of carbonyl (C=O) groups excluding carboxylic acids is 1. The molecule has 0 radical (unpaired) electrons. The lowest BCUT2D eigenvalue weighted by Gasteiger charge is -2.36. The number of carboxylic acid groups (broad SMARTS) is 1. The topological polar surface area (TPSA) is 76.1 Å². The largest absolute Gasteiger partial charge is 0.480 e. The fourth-order valence-electron chi connectivity index (χ4n) is 2.52. The number of piperazine rings is 1. The predicted molar refractivity (Wildman–Crippen MR) is 70.0 cm³/mol. The highest BCUT2D eigenvalue weighted by Gasteiger charge is 2.23. The van der Waals surface area contributed by atoms with Crippen molar-refractivity contribution < 1.29 is 14.7 Å². The van der Waals surface area contributed by atoms with E-state index in [0.717, 1.165) is 39.3 Å². The summed E-state index contributed by atoms with van der Waals surface area (Å²) in [6.07, 6.45) is 0. The molecule has 0 aromatic rings. The zero-order chi connectivity index (χ0) is 13.7. The van der Waals surface area contributed by atoms with E-state index in [2.05, 4.69) is 10.2 Å². The summed E-state index contributed by atoms with van der Waals surface area (Å²) in [6, 6.07) is 0. The second-order valence-corrected chi connectivity index (χ2v) is 5.08. The summed E-state index contributed by atoms with van der Waals surface area (Å²) in [5, 5.41) is 12.2. The Morgan fingerprint density at radius 3 is 2.47 bits per heavy atom. The molecule has 2 bridgehead atoms. The number of carboxylic acids is 1. The van der Waals surface area contributed by atoms with E-state index < -0.39 is 5.97 Å². The second-order valence-electron chi connectivity index (χ2n) is 5.08. The molecular weight excluding hydrogens is 248 g/mol. The van der Waals surface area contributed by atoms with Crippen molar-refractivity contribution in [3.8, 4) is 0 Å². The molecule has 19 heavy (non-hydrogen) atoms. The first-order chi connectivity index (χ1) is 9.15. The lowest BCUT2D eigenvalue weighted by molar-refractivity contribution is -0.140. The van der Waals surface area contributed by atoms with Crippen molar-refractivity contribution in [2.45, 2.75) is 0 Å². The van der Waals surface area contributed by atoms with Gasteiger partial charge in [-0.05, 0) is 0 Å². The van der Waals surface area contributed by atoms with Crippen LogP contribution in [0.15, 0.2) is 0 Å². The van der Waals surface area contributed by atoms with Crippen molar-refractivity contribution in [3.05, 3.63) is 0 Å². The van der Waals surface area contributed by atoms with Gasteiger partial charge in [0.25, 0.3) is 0 Å². The molecule has 1 amide bonds. The van der Waals surface area contributed by atoms with Crippen LogP contribution >= 0.6 is 0 Å². The van der Waals surface area contributed by atoms with Gasteiger partial charge in [0, 0.05) is 52.4 Å². The molecule has 3 aliphatic rings. The molecule has 0 unspecified atom stereocenters. The summed E-state index contributed by atoms with van der Waals surface area (Å²) in [5.41, 5.74) is 0. The Hall–Kier alpha value is -1.18. The monoisotopic (exact) mass is 270 g/mol. The van der Waals surface area contributed by atoms with Crippen LogP contribution < -0.4 is 5.32 Å². The molecule has 3 fully saturated rings. The SMILES string of the molecule is O=C(O)CN1CCNCCN2CCN(CC2)C(=O)C1. The number of nitrogens with one attached hydrogen (secondary N) is 1. The molecule has 3 heterocycles. The Kier molecular flexibility index (Phi) is 5.12. The Morgan fingerprint density at radius 1 is 1.11 bits per heavy atom. The van der Waals surface area contributed by atoms with Gasteiger partial charge < -0.3 is 15.3 Å². The van der Waals surface area contributed by atoms with Gasteiger partial charge in [-0.15, -0.1) is 0 Å². The molecule has 0 aromatic carbocycles. The van der Waals surface area contributed by atoms with Crippen LogP contribution in [0.1, 0.15) is 0 Å². The van der Waals surface area contributed by atoms with Gasteiger partial charge in [0.05, 0.1) is 13.1 Å². The van der Waals surface area contributed by atoms with E-state index in [1.54, 1.807) is 4.90 Å². The number of fused-ring (bicyclic) bond motifs is 9. The highest BCUT2D eigenvalue weighted by atomic mass is 16.4. The molecule has 3 aliphatic heterocycles. The summed E-state index contributed by atoms with van der Waals surface area (Å²) in [4.78, 5) is 28.8. The quantitative estimate of drug-likeness (QED) is 0.612. The predicted octanol–water partition coefficient (Wildman–Crippen LogP) is -1.88. The summed E-state index contributed by atoms with van der Waals surface area (Å²) in [6.45, 7) is 6.65. The highest BCUT2D eigenvalue weighted by Crippen LogP contribution is 2.03. The van der Waals surface area contributed by atoms with Crippen LogP contribution in [-0.2, 0) is 9.59 Å². The van der Waals surface area contributed by atoms with Crippen molar-refractivity contribution in [1.82, 2.24) is 20.0 Å². The molecule has 7 heteroatoms. The Bertz CT molecular complexity index is 329. The molecule has 0 atom stereocenters. The molecule has 3 rings (SSSR count). The highest BCUT2D eigenvalue weighted by molar-refractivity contribution is 5.79. The standard InChI is InChI=1S/C12H22N4O3/c17-11-9-15(10-12(18)19)4-2-13-1-3-14-5-7-16(11)8-6-14/h13H,1-10H2,(H,18,19). The van der Waals surface area contributed by atoms with E-state index in [9.17, 15) is 9.59 Å². The van der Waals surface area contributed by atoms with E-state index in [1.165, 1.54) is 0 Å². The lowest BCUT2D eigenvalue weighted by atomic mass is 10.3. The average molecular weight is 270 g/mol. The smallest absolute Gasteiger partial charge is 0.317 e. The summed E-state index contributed by atoms with van der Waals surface area (Å²) in [5.74, 6) is -0.841. The van der Waals surface area contributed by atoms with Gasteiger partial charge in [0.15, 0.2) is 0 Å². The number of carbonyl (C=O) groups is 2. The van der Waals surface area contributed by atoms with Crippen molar-refractivity contribution in [2.75, 3.05) is 65.4 Å². The fraction of sp³-hybridized carbons (Fsp3) is 0.833. The molecule has 108 valence electrons. The van der Waals surface area contributed by atoms with Gasteiger partial charge >= 0.3 is 5.97 Å². The molecular formula is C12H22N4O3. The van der Waals surface area contributed by atoms with Crippen molar-refractivity contribution in [2.24, 2.45) is 0 Å². The molecule has 2 N–H and O–H groups in total. The third-order valence-corrected chi connectivity index (χ3v) is 3.65. The Labute approximate surface area is 113 Å². The number of amides is 1. The maximum atomic E-state index is 12.1. The number of aliphatic carboxylic acids is 1. The zero-order valence-electron chi connectivity index (χ0n) is 11.2. The minimum Gasteiger partial charge on any atom is -0.480 e.